The Morgan fingerprint density at radius 3 is 2.70 bits per heavy atom. The first-order valence-electron chi connectivity index (χ1n) is 8.45. The van der Waals surface area contributed by atoms with Crippen LogP contribution in [0.4, 0.5) is 0 Å². The first kappa shape index (κ1) is 15.8. The third kappa shape index (κ3) is 3.75. The zero-order valence-electron chi connectivity index (χ0n) is 13.4. The van der Waals surface area contributed by atoms with E-state index in [2.05, 4.69) is 26.1 Å². The van der Waals surface area contributed by atoms with Gasteiger partial charge in [0.15, 0.2) is 0 Å². The Hall–Kier alpha value is -0.570. The van der Waals surface area contributed by atoms with Crippen molar-refractivity contribution < 1.29 is 9.53 Å². The molecular weight excluding hydrogens is 250 g/mol. The lowest BCUT2D eigenvalue weighted by atomic mass is 9.75. The van der Waals surface area contributed by atoms with Crippen molar-refractivity contribution in [3.05, 3.63) is 0 Å². The summed E-state index contributed by atoms with van der Waals surface area (Å²) in [5.41, 5.74) is -0.355. The van der Waals surface area contributed by atoms with Gasteiger partial charge in [0, 0.05) is 0 Å². The molecule has 0 spiro atoms. The predicted octanol–water partition coefficient (Wildman–Crippen LogP) is 3.52. The highest BCUT2D eigenvalue weighted by Crippen LogP contribution is 2.35. The van der Waals surface area contributed by atoms with Crippen LogP contribution in [0.25, 0.3) is 0 Å². The topological polar surface area (TPSA) is 38.3 Å². The van der Waals surface area contributed by atoms with Gasteiger partial charge in [-0.1, -0.05) is 19.8 Å². The second-order valence-corrected chi connectivity index (χ2v) is 7.23. The smallest absolute Gasteiger partial charge is 0.312 e. The molecule has 2 fully saturated rings. The summed E-state index contributed by atoms with van der Waals surface area (Å²) in [5, 5.41) is 3.41. The van der Waals surface area contributed by atoms with Gasteiger partial charge in [-0.3, -0.25) is 4.79 Å². The van der Waals surface area contributed by atoms with E-state index in [-0.39, 0.29) is 17.5 Å². The van der Waals surface area contributed by atoms with Crippen LogP contribution in [-0.4, -0.2) is 25.2 Å². The van der Waals surface area contributed by atoms with Gasteiger partial charge < -0.3 is 10.1 Å². The van der Waals surface area contributed by atoms with E-state index in [1.165, 1.54) is 25.7 Å². The molecular formula is C17H31NO2. The van der Waals surface area contributed by atoms with Gasteiger partial charge >= 0.3 is 5.97 Å². The average Bonchev–Trinajstić information content (AvgIpc) is 2.48. The second-order valence-electron chi connectivity index (χ2n) is 7.23. The monoisotopic (exact) mass is 281 g/mol. The van der Waals surface area contributed by atoms with Crippen molar-refractivity contribution in [1.29, 1.82) is 0 Å². The molecule has 0 aromatic rings. The zero-order chi connectivity index (χ0) is 14.6. The lowest BCUT2D eigenvalue weighted by Crippen LogP contribution is -2.44. The van der Waals surface area contributed by atoms with Crippen LogP contribution in [-0.2, 0) is 9.53 Å². The van der Waals surface area contributed by atoms with Crippen LogP contribution in [0, 0.1) is 17.3 Å². The van der Waals surface area contributed by atoms with E-state index in [4.69, 9.17) is 4.74 Å². The SMILES string of the molecule is CCC1CCCC(OC(=O)C(C)(C)C2CCCNC2)C1. The Labute approximate surface area is 123 Å². The van der Waals surface area contributed by atoms with Crippen LogP contribution in [0.15, 0.2) is 0 Å². The Kier molecular flexibility index (Phi) is 5.48. The predicted molar refractivity (Wildman–Crippen MR) is 81.5 cm³/mol. The number of rotatable bonds is 4. The second kappa shape index (κ2) is 6.93. The Morgan fingerprint density at radius 1 is 1.25 bits per heavy atom. The normalized spacial score (nSPS) is 31.9. The average molecular weight is 281 g/mol. The molecule has 0 aromatic heterocycles. The van der Waals surface area contributed by atoms with E-state index in [9.17, 15) is 4.79 Å². The van der Waals surface area contributed by atoms with Crippen LogP contribution in [0.2, 0.25) is 0 Å². The number of carbonyl (C=O) groups excluding carboxylic acids is 1. The Bertz CT molecular complexity index is 321. The molecule has 20 heavy (non-hydrogen) atoms. The lowest BCUT2D eigenvalue weighted by Gasteiger charge is -2.37. The minimum atomic E-state index is -0.355. The summed E-state index contributed by atoms with van der Waals surface area (Å²) < 4.78 is 5.87. The van der Waals surface area contributed by atoms with Gasteiger partial charge in [0.2, 0.25) is 0 Å². The number of carbonyl (C=O) groups is 1. The molecule has 1 saturated heterocycles. The van der Waals surface area contributed by atoms with E-state index in [1.54, 1.807) is 0 Å². The number of piperidine rings is 1. The molecule has 2 aliphatic rings. The largest absolute Gasteiger partial charge is 0.462 e. The summed E-state index contributed by atoms with van der Waals surface area (Å²) in [6.07, 6.45) is 8.33. The van der Waals surface area contributed by atoms with E-state index < -0.39 is 0 Å². The first-order chi connectivity index (χ1) is 9.54. The fourth-order valence-electron chi connectivity index (χ4n) is 3.66. The van der Waals surface area contributed by atoms with Gasteiger partial charge in [0.05, 0.1) is 5.41 Å². The quantitative estimate of drug-likeness (QED) is 0.801. The van der Waals surface area contributed by atoms with Crippen LogP contribution in [0.1, 0.15) is 65.7 Å². The van der Waals surface area contributed by atoms with Crippen LogP contribution in [0.5, 0.6) is 0 Å². The van der Waals surface area contributed by atoms with E-state index >= 15 is 0 Å². The van der Waals surface area contributed by atoms with Crippen molar-refractivity contribution in [2.45, 2.75) is 71.8 Å². The molecule has 1 aliphatic heterocycles. The third-order valence-corrected chi connectivity index (χ3v) is 5.43. The van der Waals surface area contributed by atoms with Crippen LogP contribution in [0.3, 0.4) is 0 Å². The molecule has 1 aliphatic carbocycles. The maximum absolute atomic E-state index is 12.6. The summed E-state index contributed by atoms with van der Waals surface area (Å²) in [4.78, 5) is 12.6. The number of hydrogen-bond acceptors (Lipinski definition) is 3. The van der Waals surface area contributed by atoms with Crippen molar-refractivity contribution >= 4 is 5.97 Å². The molecule has 0 bridgehead atoms. The third-order valence-electron chi connectivity index (χ3n) is 5.43. The summed E-state index contributed by atoms with van der Waals surface area (Å²) in [7, 11) is 0. The van der Waals surface area contributed by atoms with Gasteiger partial charge in [0.1, 0.15) is 6.10 Å². The molecule has 1 saturated carbocycles. The zero-order valence-corrected chi connectivity index (χ0v) is 13.4. The van der Waals surface area contributed by atoms with Gasteiger partial charge in [-0.15, -0.1) is 0 Å². The van der Waals surface area contributed by atoms with Gasteiger partial charge in [0.25, 0.3) is 0 Å². The number of nitrogens with one attached hydrogen (secondary N) is 1. The highest BCUT2D eigenvalue weighted by molar-refractivity contribution is 5.76. The van der Waals surface area contributed by atoms with Crippen molar-refractivity contribution in [2.24, 2.45) is 17.3 Å². The molecule has 0 radical (unpaired) electrons. The van der Waals surface area contributed by atoms with Crippen molar-refractivity contribution in [1.82, 2.24) is 5.32 Å². The van der Waals surface area contributed by atoms with Gasteiger partial charge in [-0.25, -0.2) is 0 Å². The number of esters is 1. The Morgan fingerprint density at radius 2 is 2.05 bits per heavy atom. The summed E-state index contributed by atoms with van der Waals surface area (Å²) in [6, 6.07) is 0. The summed E-state index contributed by atoms with van der Waals surface area (Å²) in [5.74, 6) is 1.18. The highest BCUT2D eigenvalue weighted by atomic mass is 16.5. The minimum absolute atomic E-state index is 0.0213. The minimum Gasteiger partial charge on any atom is -0.462 e. The van der Waals surface area contributed by atoms with E-state index in [0.29, 0.717) is 5.92 Å². The number of hydrogen-bond donors (Lipinski definition) is 1. The molecule has 1 heterocycles. The molecule has 3 heteroatoms. The highest BCUT2D eigenvalue weighted by Gasteiger charge is 2.40. The molecule has 0 amide bonds. The molecule has 3 unspecified atom stereocenters. The molecule has 116 valence electrons. The Balaban J connectivity index is 1.89. The first-order valence-corrected chi connectivity index (χ1v) is 8.45. The fourth-order valence-corrected chi connectivity index (χ4v) is 3.66. The maximum atomic E-state index is 12.6. The van der Waals surface area contributed by atoms with Gasteiger partial charge in [-0.2, -0.15) is 0 Å². The molecule has 1 N–H and O–H groups in total. The molecule has 0 aromatic carbocycles. The van der Waals surface area contributed by atoms with Crippen LogP contribution >= 0.6 is 0 Å². The molecule has 3 nitrogen and oxygen atoms in total. The fraction of sp³-hybridized carbons (Fsp3) is 0.941. The molecule has 3 atom stereocenters. The van der Waals surface area contributed by atoms with Crippen LogP contribution < -0.4 is 5.32 Å². The van der Waals surface area contributed by atoms with Gasteiger partial charge in [-0.05, 0) is 70.9 Å². The maximum Gasteiger partial charge on any atom is 0.312 e. The number of ether oxygens (including phenoxy) is 1. The lowest BCUT2D eigenvalue weighted by molar-refractivity contribution is -0.165. The summed E-state index contributed by atoms with van der Waals surface area (Å²) in [6.45, 7) is 8.40. The van der Waals surface area contributed by atoms with Crippen molar-refractivity contribution in [3.63, 3.8) is 0 Å². The summed E-state index contributed by atoms with van der Waals surface area (Å²) >= 11 is 0. The standard InChI is InChI=1S/C17H31NO2/c1-4-13-7-5-9-15(11-13)20-16(19)17(2,3)14-8-6-10-18-12-14/h13-15,18H,4-12H2,1-3H3. The molecule has 2 rings (SSSR count). The van der Waals surface area contributed by atoms with E-state index in [0.717, 1.165) is 38.3 Å². The van der Waals surface area contributed by atoms with E-state index in [1.807, 2.05) is 0 Å². The van der Waals surface area contributed by atoms with Crippen molar-refractivity contribution in [3.8, 4) is 0 Å². The van der Waals surface area contributed by atoms with Crippen molar-refractivity contribution in [2.75, 3.05) is 13.1 Å².